The molecule has 0 bridgehead atoms. The van der Waals surface area contributed by atoms with Gasteiger partial charge in [0.25, 0.3) is 0 Å². The molecule has 0 fully saturated rings. The average Bonchev–Trinajstić information content (AvgIpc) is 2.46. The summed E-state index contributed by atoms with van der Waals surface area (Å²) in [5.74, 6) is -0.980. The van der Waals surface area contributed by atoms with Gasteiger partial charge in [-0.05, 0) is 42.0 Å². The number of nitrogens with one attached hydrogen (secondary N) is 1. The predicted molar refractivity (Wildman–Crippen MR) is 76.8 cm³/mol. The fourth-order valence-corrected chi connectivity index (χ4v) is 1.85. The SMILES string of the molecule is N#CC(Nc1ccc(C(=O)O)cc1)c1ccc(Cl)cc1. The fraction of sp³-hybridized carbons (Fsp3) is 0.0667. The lowest BCUT2D eigenvalue weighted by atomic mass is 10.1. The highest BCUT2D eigenvalue weighted by molar-refractivity contribution is 6.30. The van der Waals surface area contributed by atoms with Gasteiger partial charge in [0.1, 0.15) is 6.04 Å². The van der Waals surface area contributed by atoms with Gasteiger partial charge in [-0.25, -0.2) is 4.79 Å². The Balaban J connectivity index is 2.16. The summed E-state index contributed by atoms with van der Waals surface area (Å²) < 4.78 is 0. The van der Waals surface area contributed by atoms with Crippen molar-refractivity contribution < 1.29 is 9.90 Å². The second kappa shape index (κ2) is 6.09. The summed E-state index contributed by atoms with van der Waals surface area (Å²) in [6.45, 7) is 0. The highest BCUT2D eigenvalue weighted by Gasteiger charge is 2.10. The first-order valence-corrected chi connectivity index (χ1v) is 6.23. The Morgan fingerprint density at radius 2 is 1.75 bits per heavy atom. The first kappa shape index (κ1) is 13.9. The maximum Gasteiger partial charge on any atom is 0.335 e. The van der Waals surface area contributed by atoms with E-state index in [1.807, 2.05) is 0 Å². The number of carboxylic acids is 1. The van der Waals surface area contributed by atoms with Crippen molar-refractivity contribution in [3.63, 3.8) is 0 Å². The van der Waals surface area contributed by atoms with Crippen molar-refractivity contribution in [1.82, 2.24) is 0 Å². The highest BCUT2D eigenvalue weighted by Crippen LogP contribution is 2.21. The molecular weight excluding hydrogens is 276 g/mol. The molecule has 0 radical (unpaired) electrons. The predicted octanol–water partition coefficient (Wildman–Crippen LogP) is 3.71. The van der Waals surface area contributed by atoms with Crippen LogP contribution < -0.4 is 5.32 Å². The maximum atomic E-state index is 10.8. The van der Waals surface area contributed by atoms with Gasteiger partial charge in [-0.2, -0.15) is 5.26 Å². The third-order valence-corrected chi connectivity index (χ3v) is 3.03. The van der Waals surface area contributed by atoms with E-state index < -0.39 is 12.0 Å². The molecule has 2 N–H and O–H groups in total. The number of hydrogen-bond acceptors (Lipinski definition) is 3. The Labute approximate surface area is 121 Å². The molecule has 4 nitrogen and oxygen atoms in total. The minimum atomic E-state index is -0.980. The Bertz CT molecular complexity index is 645. The summed E-state index contributed by atoms with van der Waals surface area (Å²) in [6.07, 6.45) is 0. The largest absolute Gasteiger partial charge is 0.478 e. The van der Waals surface area contributed by atoms with Gasteiger partial charge in [0.2, 0.25) is 0 Å². The van der Waals surface area contributed by atoms with Gasteiger partial charge in [0.15, 0.2) is 0 Å². The summed E-state index contributed by atoms with van der Waals surface area (Å²) in [6, 6.07) is 14.8. The third kappa shape index (κ3) is 3.28. The highest BCUT2D eigenvalue weighted by atomic mass is 35.5. The molecule has 2 rings (SSSR count). The molecule has 0 heterocycles. The van der Waals surface area contributed by atoms with Gasteiger partial charge in [0.05, 0.1) is 11.6 Å². The van der Waals surface area contributed by atoms with E-state index in [1.165, 1.54) is 12.1 Å². The lowest BCUT2D eigenvalue weighted by Crippen LogP contribution is -2.08. The number of carboxylic acid groups (broad SMARTS) is 1. The van der Waals surface area contributed by atoms with E-state index in [9.17, 15) is 10.1 Å². The van der Waals surface area contributed by atoms with Gasteiger partial charge in [0, 0.05) is 10.7 Å². The van der Waals surface area contributed by atoms with Crippen LogP contribution in [0, 0.1) is 11.3 Å². The zero-order chi connectivity index (χ0) is 14.5. The first-order valence-electron chi connectivity index (χ1n) is 5.85. The van der Waals surface area contributed by atoms with Crippen molar-refractivity contribution in [2.24, 2.45) is 0 Å². The molecule has 1 unspecified atom stereocenters. The van der Waals surface area contributed by atoms with Gasteiger partial charge >= 0.3 is 5.97 Å². The fourth-order valence-electron chi connectivity index (χ4n) is 1.72. The molecule has 0 aliphatic rings. The van der Waals surface area contributed by atoms with Crippen LogP contribution in [0.5, 0.6) is 0 Å². The summed E-state index contributed by atoms with van der Waals surface area (Å²) in [5.41, 5.74) is 1.67. The van der Waals surface area contributed by atoms with Gasteiger partial charge in [-0.15, -0.1) is 0 Å². The van der Waals surface area contributed by atoms with Crippen molar-refractivity contribution in [2.75, 3.05) is 5.32 Å². The van der Waals surface area contributed by atoms with Crippen LogP contribution in [-0.2, 0) is 0 Å². The first-order chi connectivity index (χ1) is 9.60. The van der Waals surface area contributed by atoms with Crippen LogP contribution in [0.4, 0.5) is 5.69 Å². The lowest BCUT2D eigenvalue weighted by Gasteiger charge is -2.13. The zero-order valence-corrected chi connectivity index (χ0v) is 11.1. The molecule has 2 aromatic rings. The Hall–Kier alpha value is -2.51. The van der Waals surface area contributed by atoms with Crippen molar-refractivity contribution in [3.8, 4) is 6.07 Å². The number of nitrogens with zero attached hydrogens (tertiary/aromatic N) is 1. The van der Waals surface area contributed by atoms with Crippen molar-refractivity contribution in [2.45, 2.75) is 6.04 Å². The lowest BCUT2D eigenvalue weighted by molar-refractivity contribution is 0.0697. The zero-order valence-electron chi connectivity index (χ0n) is 10.4. The van der Waals surface area contributed by atoms with Crippen LogP contribution in [0.2, 0.25) is 5.02 Å². The third-order valence-electron chi connectivity index (χ3n) is 2.78. The van der Waals surface area contributed by atoms with Crippen LogP contribution in [0.25, 0.3) is 0 Å². The minimum Gasteiger partial charge on any atom is -0.478 e. The number of hydrogen-bond donors (Lipinski definition) is 2. The molecule has 0 spiro atoms. The van der Waals surface area contributed by atoms with Crippen molar-refractivity contribution in [1.29, 1.82) is 5.26 Å². The van der Waals surface area contributed by atoms with Gasteiger partial charge < -0.3 is 10.4 Å². The van der Waals surface area contributed by atoms with Gasteiger partial charge in [-0.3, -0.25) is 0 Å². The molecule has 1 atom stereocenters. The number of anilines is 1. The molecular formula is C15H11ClN2O2. The van der Waals surface area contributed by atoms with Crippen molar-refractivity contribution in [3.05, 3.63) is 64.7 Å². The molecule has 0 saturated heterocycles. The monoisotopic (exact) mass is 286 g/mol. The molecule has 100 valence electrons. The second-order valence-electron chi connectivity index (χ2n) is 4.14. The quantitative estimate of drug-likeness (QED) is 0.898. The van der Waals surface area contributed by atoms with E-state index >= 15 is 0 Å². The summed E-state index contributed by atoms with van der Waals surface area (Å²) in [5, 5.41) is 21.7. The smallest absolute Gasteiger partial charge is 0.335 e. The van der Waals surface area contributed by atoms with Gasteiger partial charge in [-0.1, -0.05) is 23.7 Å². The van der Waals surface area contributed by atoms with Crippen LogP contribution in [0.15, 0.2) is 48.5 Å². The summed E-state index contributed by atoms with van der Waals surface area (Å²) >= 11 is 5.81. The average molecular weight is 287 g/mol. The molecule has 20 heavy (non-hydrogen) atoms. The summed E-state index contributed by atoms with van der Waals surface area (Å²) in [7, 11) is 0. The van der Waals surface area contributed by atoms with E-state index in [2.05, 4.69) is 11.4 Å². The number of benzene rings is 2. The second-order valence-corrected chi connectivity index (χ2v) is 4.58. The number of rotatable bonds is 4. The summed E-state index contributed by atoms with van der Waals surface area (Å²) in [4.78, 5) is 10.8. The molecule has 5 heteroatoms. The number of aromatic carboxylic acids is 1. The maximum absolute atomic E-state index is 10.8. The van der Waals surface area contributed by atoms with Crippen LogP contribution in [0.1, 0.15) is 22.0 Å². The molecule has 0 aliphatic heterocycles. The molecule has 0 aliphatic carbocycles. The van der Waals surface area contributed by atoms with E-state index in [0.29, 0.717) is 10.7 Å². The minimum absolute atomic E-state index is 0.204. The van der Waals surface area contributed by atoms with E-state index in [4.69, 9.17) is 16.7 Å². The van der Waals surface area contributed by atoms with E-state index in [0.717, 1.165) is 5.56 Å². The van der Waals surface area contributed by atoms with Crippen LogP contribution in [-0.4, -0.2) is 11.1 Å². The molecule has 0 aromatic heterocycles. The number of nitriles is 1. The number of carbonyl (C=O) groups is 1. The normalized spacial score (nSPS) is 11.4. The topological polar surface area (TPSA) is 73.1 Å². The number of halogens is 1. The van der Waals surface area contributed by atoms with E-state index in [-0.39, 0.29) is 5.56 Å². The van der Waals surface area contributed by atoms with E-state index in [1.54, 1.807) is 36.4 Å². The van der Waals surface area contributed by atoms with Crippen LogP contribution >= 0.6 is 11.6 Å². The van der Waals surface area contributed by atoms with Crippen LogP contribution in [0.3, 0.4) is 0 Å². The Morgan fingerprint density at radius 3 is 2.25 bits per heavy atom. The molecule has 0 saturated carbocycles. The standard InChI is InChI=1S/C15H11ClN2O2/c16-12-5-1-10(2-6-12)14(9-17)18-13-7-3-11(4-8-13)15(19)20/h1-8,14,18H,(H,19,20). The molecule has 2 aromatic carbocycles. The Morgan fingerprint density at radius 1 is 1.15 bits per heavy atom. The van der Waals surface area contributed by atoms with Crippen molar-refractivity contribution >= 4 is 23.3 Å². The molecule has 0 amide bonds. The Kier molecular flexibility index (Phi) is 4.24.